The molecular formula is C19H16ClF3N6O2. The molecule has 31 heavy (non-hydrogen) atoms. The number of aliphatic imine (C=N–C) groups is 2. The number of halogens is 4. The lowest BCUT2D eigenvalue weighted by molar-refractivity contribution is -0.128. The molecule has 8 nitrogen and oxygen atoms in total. The SMILES string of the molecule is NC(=O)CC1=NC(NCC(F)(F)c2ccccn2)(C(F)c2ccccn2)C(=O)N=C1Cl. The van der Waals surface area contributed by atoms with Crippen molar-refractivity contribution in [3.05, 3.63) is 60.2 Å². The summed E-state index contributed by atoms with van der Waals surface area (Å²) >= 11 is 5.85. The Kier molecular flexibility index (Phi) is 6.46. The van der Waals surface area contributed by atoms with Gasteiger partial charge in [-0.2, -0.15) is 13.8 Å². The Morgan fingerprint density at radius 1 is 1.19 bits per heavy atom. The number of hydrogen-bond acceptors (Lipinski definition) is 6. The molecule has 0 saturated heterocycles. The normalized spacial score (nSPS) is 20.1. The van der Waals surface area contributed by atoms with Crippen LogP contribution in [0, 0.1) is 0 Å². The Hall–Kier alpha value is -3.18. The zero-order valence-corrected chi connectivity index (χ0v) is 16.6. The van der Waals surface area contributed by atoms with Crippen LogP contribution in [0.1, 0.15) is 24.0 Å². The molecule has 2 aromatic rings. The van der Waals surface area contributed by atoms with E-state index >= 15 is 4.39 Å². The van der Waals surface area contributed by atoms with Crippen molar-refractivity contribution in [2.24, 2.45) is 15.7 Å². The summed E-state index contributed by atoms with van der Waals surface area (Å²) in [6, 6.07) is 8.10. The summed E-state index contributed by atoms with van der Waals surface area (Å²) < 4.78 is 45.0. The first-order valence-corrected chi connectivity index (χ1v) is 9.29. The van der Waals surface area contributed by atoms with Gasteiger partial charge in [0.1, 0.15) is 5.69 Å². The van der Waals surface area contributed by atoms with Crippen LogP contribution in [0.5, 0.6) is 0 Å². The van der Waals surface area contributed by atoms with Crippen molar-refractivity contribution in [1.29, 1.82) is 0 Å². The first-order valence-electron chi connectivity index (χ1n) is 8.91. The fraction of sp³-hybridized carbons (Fsp3) is 0.263. The maximum absolute atomic E-state index is 15.6. The van der Waals surface area contributed by atoms with Crippen molar-refractivity contribution in [2.45, 2.75) is 24.2 Å². The van der Waals surface area contributed by atoms with Gasteiger partial charge < -0.3 is 5.73 Å². The van der Waals surface area contributed by atoms with Gasteiger partial charge in [0.05, 0.1) is 24.4 Å². The highest BCUT2D eigenvalue weighted by Gasteiger charge is 2.52. The summed E-state index contributed by atoms with van der Waals surface area (Å²) in [5.74, 6) is -5.74. The molecule has 2 atom stereocenters. The van der Waals surface area contributed by atoms with Gasteiger partial charge in [0, 0.05) is 12.4 Å². The van der Waals surface area contributed by atoms with E-state index in [1.807, 2.05) is 0 Å². The quantitative estimate of drug-likeness (QED) is 0.634. The van der Waals surface area contributed by atoms with Crippen LogP contribution in [0.25, 0.3) is 0 Å². The van der Waals surface area contributed by atoms with E-state index in [-0.39, 0.29) is 11.4 Å². The number of nitrogens with two attached hydrogens (primary N) is 1. The van der Waals surface area contributed by atoms with Crippen LogP contribution >= 0.6 is 11.6 Å². The van der Waals surface area contributed by atoms with Crippen molar-refractivity contribution in [3.63, 3.8) is 0 Å². The van der Waals surface area contributed by atoms with Crippen LogP contribution in [-0.2, 0) is 15.5 Å². The fourth-order valence-electron chi connectivity index (χ4n) is 2.85. The summed E-state index contributed by atoms with van der Waals surface area (Å²) in [4.78, 5) is 38.9. The Labute approximate surface area is 179 Å². The molecule has 0 saturated carbocycles. The van der Waals surface area contributed by atoms with Crippen LogP contribution < -0.4 is 11.1 Å². The van der Waals surface area contributed by atoms with Crippen molar-refractivity contribution in [2.75, 3.05) is 6.54 Å². The fourth-order valence-corrected chi connectivity index (χ4v) is 3.03. The zero-order chi connectivity index (χ0) is 22.6. The average Bonchev–Trinajstić information content (AvgIpc) is 2.75. The molecule has 0 aromatic carbocycles. The minimum absolute atomic E-state index is 0.264. The number of alkyl halides is 3. The molecule has 2 unspecified atom stereocenters. The number of nitrogens with one attached hydrogen (secondary N) is 1. The van der Waals surface area contributed by atoms with Gasteiger partial charge >= 0.3 is 5.92 Å². The maximum atomic E-state index is 15.6. The Balaban J connectivity index is 2.03. The first kappa shape index (κ1) is 22.5. The molecule has 0 fully saturated rings. The van der Waals surface area contributed by atoms with Gasteiger partial charge in [0.25, 0.3) is 5.91 Å². The van der Waals surface area contributed by atoms with Crippen molar-refractivity contribution < 1.29 is 22.8 Å². The van der Waals surface area contributed by atoms with Crippen LogP contribution in [0.15, 0.2) is 58.8 Å². The number of primary amides is 1. The first-order chi connectivity index (χ1) is 14.7. The summed E-state index contributed by atoms with van der Waals surface area (Å²) in [5.41, 5.74) is 1.32. The van der Waals surface area contributed by atoms with E-state index < -0.39 is 53.4 Å². The number of carbonyl (C=O) groups excluding carboxylic acids is 2. The minimum Gasteiger partial charge on any atom is -0.369 e. The summed E-state index contributed by atoms with van der Waals surface area (Å²) in [6.07, 6.45) is -0.485. The minimum atomic E-state index is -3.59. The number of aromatic nitrogens is 2. The van der Waals surface area contributed by atoms with Crippen LogP contribution in [0.3, 0.4) is 0 Å². The number of hydrogen-bond donors (Lipinski definition) is 2. The number of nitrogens with zero attached hydrogens (tertiary/aromatic N) is 4. The molecule has 2 amide bonds. The standard InChI is InChI=1S/C19H16ClF3N6O2/c20-16-12(9-14(24)30)29-19(17(31)28-16,15(21)11-5-1-3-7-25-11)27-10-18(22,23)13-6-2-4-8-26-13/h1-8,15,27H,9-10H2,(H2,24,30). The molecule has 2 aromatic heterocycles. The smallest absolute Gasteiger partial charge is 0.301 e. The number of carbonyl (C=O) groups is 2. The average molecular weight is 453 g/mol. The van der Waals surface area contributed by atoms with Gasteiger partial charge in [0.2, 0.25) is 11.6 Å². The Morgan fingerprint density at radius 3 is 2.45 bits per heavy atom. The molecule has 0 radical (unpaired) electrons. The highest BCUT2D eigenvalue weighted by atomic mass is 35.5. The molecule has 0 bridgehead atoms. The topological polar surface area (TPSA) is 123 Å². The van der Waals surface area contributed by atoms with Gasteiger partial charge in [-0.25, -0.2) is 9.38 Å². The lowest BCUT2D eigenvalue weighted by Crippen LogP contribution is -2.58. The van der Waals surface area contributed by atoms with Crippen molar-refractivity contribution in [1.82, 2.24) is 15.3 Å². The molecule has 12 heteroatoms. The van der Waals surface area contributed by atoms with E-state index in [1.165, 1.54) is 42.7 Å². The van der Waals surface area contributed by atoms with E-state index in [4.69, 9.17) is 17.3 Å². The predicted octanol–water partition coefficient (Wildman–Crippen LogP) is 2.06. The van der Waals surface area contributed by atoms with E-state index in [9.17, 15) is 18.4 Å². The molecule has 3 rings (SSSR count). The zero-order valence-electron chi connectivity index (χ0n) is 15.8. The van der Waals surface area contributed by atoms with Gasteiger partial charge in [-0.3, -0.25) is 24.9 Å². The molecular weight excluding hydrogens is 437 g/mol. The van der Waals surface area contributed by atoms with Gasteiger partial charge in [-0.05, 0) is 24.3 Å². The van der Waals surface area contributed by atoms with Crippen molar-refractivity contribution in [3.8, 4) is 0 Å². The molecule has 162 valence electrons. The summed E-state index contributed by atoms with van der Waals surface area (Å²) in [6.45, 7) is -1.22. The van der Waals surface area contributed by atoms with Crippen LogP contribution in [-0.4, -0.2) is 44.9 Å². The van der Waals surface area contributed by atoms with E-state index in [2.05, 4.69) is 25.3 Å². The Bertz CT molecular complexity index is 1040. The summed E-state index contributed by atoms with van der Waals surface area (Å²) in [7, 11) is 0. The molecule has 0 spiro atoms. The second kappa shape index (κ2) is 8.90. The van der Waals surface area contributed by atoms with E-state index in [1.54, 1.807) is 0 Å². The third-order valence-corrected chi connectivity index (χ3v) is 4.65. The monoisotopic (exact) mass is 452 g/mol. The van der Waals surface area contributed by atoms with E-state index in [0.29, 0.717) is 0 Å². The molecule has 1 aliphatic rings. The van der Waals surface area contributed by atoms with Crippen LogP contribution in [0.4, 0.5) is 13.2 Å². The van der Waals surface area contributed by atoms with E-state index in [0.717, 1.165) is 6.07 Å². The molecule has 0 aliphatic carbocycles. The lowest BCUT2D eigenvalue weighted by atomic mass is 9.97. The maximum Gasteiger partial charge on any atom is 0.301 e. The van der Waals surface area contributed by atoms with Gasteiger partial charge in [-0.15, -0.1) is 0 Å². The van der Waals surface area contributed by atoms with Gasteiger partial charge in [0.15, 0.2) is 11.3 Å². The predicted molar refractivity (Wildman–Crippen MR) is 106 cm³/mol. The van der Waals surface area contributed by atoms with Gasteiger partial charge in [-0.1, -0.05) is 23.7 Å². The largest absolute Gasteiger partial charge is 0.369 e. The number of pyridine rings is 2. The number of rotatable bonds is 8. The highest BCUT2D eigenvalue weighted by Crippen LogP contribution is 2.36. The highest BCUT2D eigenvalue weighted by molar-refractivity contribution is 6.85. The third kappa shape index (κ3) is 4.78. The molecule has 3 N–H and O–H groups in total. The second-order valence-corrected chi connectivity index (χ2v) is 6.92. The third-order valence-electron chi connectivity index (χ3n) is 4.35. The summed E-state index contributed by atoms with van der Waals surface area (Å²) in [5, 5.41) is 1.71. The molecule has 1 aliphatic heterocycles. The molecule has 3 heterocycles. The van der Waals surface area contributed by atoms with Crippen molar-refractivity contribution >= 4 is 34.3 Å². The second-order valence-electron chi connectivity index (χ2n) is 6.57. The lowest BCUT2D eigenvalue weighted by Gasteiger charge is -2.34. The number of amides is 2. The van der Waals surface area contributed by atoms with Crippen LogP contribution in [0.2, 0.25) is 0 Å². The Morgan fingerprint density at radius 2 is 1.87 bits per heavy atom.